The van der Waals surface area contributed by atoms with Crippen LogP contribution in [0.3, 0.4) is 0 Å². The Balaban J connectivity index is 1.31. The fourth-order valence-corrected chi connectivity index (χ4v) is 5.40. The van der Waals surface area contributed by atoms with E-state index in [1.165, 1.54) is 43.2 Å². The smallest absolute Gasteiger partial charge is 0.223 e. The first-order chi connectivity index (χ1) is 22.3. The van der Waals surface area contributed by atoms with Crippen LogP contribution < -0.4 is 14.8 Å². The van der Waals surface area contributed by atoms with Crippen molar-refractivity contribution in [3.8, 4) is 11.5 Å². The Morgan fingerprint density at radius 2 is 1.41 bits per heavy atom. The van der Waals surface area contributed by atoms with Crippen molar-refractivity contribution >= 4 is 11.7 Å². The third-order valence-corrected chi connectivity index (χ3v) is 8.61. The molecule has 250 valence electrons. The molecule has 3 rings (SSSR count). The number of benzene rings is 3. The molecule has 0 aliphatic carbocycles. The van der Waals surface area contributed by atoms with E-state index in [9.17, 15) is 9.59 Å². The van der Waals surface area contributed by atoms with Gasteiger partial charge in [-0.15, -0.1) is 0 Å². The molecule has 2 atom stereocenters. The molecule has 0 radical (unpaired) electrons. The van der Waals surface area contributed by atoms with E-state index in [1.807, 2.05) is 44.2 Å². The van der Waals surface area contributed by atoms with Crippen molar-refractivity contribution in [2.75, 3.05) is 33.0 Å². The summed E-state index contributed by atoms with van der Waals surface area (Å²) in [5.41, 5.74) is 5.20. The van der Waals surface area contributed by atoms with Gasteiger partial charge in [0.05, 0.1) is 19.8 Å². The number of rotatable bonds is 22. The molecule has 0 aromatic heterocycles. The average Bonchev–Trinajstić information content (AvgIpc) is 3.07. The highest BCUT2D eigenvalue weighted by molar-refractivity contribution is 5.99. The molecule has 1 amide bonds. The maximum Gasteiger partial charge on any atom is 0.223 e. The zero-order valence-electron chi connectivity index (χ0n) is 28.7. The molecule has 0 heterocycles. The summed E-state index contributed by atoms with van der Waals surface area (Å²) in [6.07, 6.45) is 8.73. The van der Waals surface area contributed by atoms with Crippen molar-refractivity contribution in [2.24, 2.45) is 5.92 Å². The molecule has 46 heavy (non-hydrogen) atoms. The van der Waals surface area contributed by atoms with Crippen molar-refractivity contribution in [1.82, 2.24) is 5.32 Å². The molecule has 1 N–H and O–H groups in total. The van der Waals surface area contributed by atoms with Crippen LogP contribution in [-0.4, -0.2) is 44.7 Å². The van der Waals surface area contributed by atoms with E-state index in [2.05, 4.69) is 55.6 Å². The maximum atomic E-state index is 13.1. The Labute approximate surface area is 277 Å². The lowest BCUT2D eigenvalue weighted by molar-refractivity contribution is -0.124. The molecule has 0 aliphatic rings. The van der Waals surface area contributed by atoms with Crippen molar-refractivity contribution in [2.45, 2.75) is 91.9 Å². The summed E-state index contributed by atoms with van der Waals surface area (Å²) in [7, 11) is 0. The molecule has 3 aromatic rings. The Morgan fingerprint density at radius 3 is 2.13 bits per heavy atom. The molecule has 0 aliphatic heterocycles. The maximum absolute atomic E-state index is 13.1. The van der Waals surface area contributed by atoms with Gasteiger partial charge in [0.2, 0.25) is 5.91 Å². The van der Waals surface area contributed by atoms with Gasteiger partial charge in [0, 0.05) is 30.4 Å². The standard InChI is InChI=1S/C40H55NO5/c1-6-7-8-9-10-11-15-23-46-39-29-36(27-30(2)32(39)4)38(42)28-31(3)40(43)41-22-24-44-25-26-45-37-20-18-35(19-21-37)33(5)34-16-13-12-14-17-34/h12-14,16-21,27,29,31,33H,6-11,15,22-26,28H2,1-5H3,(H,41,43). The fraction of sp³-hybridized carbons (Fsp3) is 0.500. The number of aryl methyl sites for hydroxylation is 1. The second kappa shape index (κ2) is 20.5. The first-order valence-electron chi connectivity index (χ1n) is 17.2. The Bertz CT molecular complexity index is 1320. The second-order valence-electron chi connectivity index (χ2n) is 12.4. The normalized spacial score (nSPS) is 12.4. The number of hydrogen-bond acceptors (Lipinski definition) is 5. The van der Waals surface area contributed by atoms with Crippen molar-refractivity contribution in [3.05, 3.63) is 94.5 Å². The molecule has 0 fully saturated rings. The summed E-state index contributed by atoms with van der Waals surface area (Å²) in [6.45, 7) is 12.5. The number of Topliss-reactive ketones (excluding diaryl/α,β-unsaturated/α-hetero) is 1. The van der Waals surface area contributed by atoms with Gasteiger partial charge in [0.25, 0.3) is 0 Å². The minimum Gasteiger partial charge on any atom is -0.493 e. The van der Waals surface area contributed by atoms with Crippen molar-refractivity contribution in [3.63, 3.8) is 0 Å². The number of ketones is 1. The molecule has 0 bridgehead atoms. The Kier molecular flexibility index (Phi) is 16.4. The minimum atomic E-state index is -0.442. The van der Waals surface area contributed by atoms with E-state index in [-0.39, 0.29) is 18.1 Å². The topological polar surface area (TPSA) is 73.9 Å². The van der Waals surface area contributed by atoms with E-state index >= 15 is 0 Å². The number of nitrogens with one attached hydrogen (secondary N) is 1. The van der Waals surface area contributed by atoms with Crippen LogP contribution in [-0.2, 0) is 9.53 Å². The molecule has 0 saturated carbocycles. The van der Waals surface area contributed by atoms with E-state index < -0.39 is 5.92 Å². The molecule has 2 unspecified atom stereocenters. The molecular formula is C40H55NO5. The summed E-state index contributed by atoms with van der Waals surface area (Å²) < 4.78 is 17.5. The third-order valence-electron chi connectivity index (χ3n) is 8.61. The highest BCUT2D eigenvalue weighted by Gasteiger charge is 2.19. The molecule has 6 heteroatoms. The number of amides is 1. The first-order valence-corrected chi connectivity index (χ1v) is 17.2. The van der Waals surface area contributed by atoms with E-state index in [0.717, 1.165) is 35.5 Å². The second-order valence-corrected chi connectivity index (χ2v) is 12.4. The predicted molar refractivity (Wildman–Crippen MR) is 187 cm³/mol. The summed E-state index contributed by atoms with van der Waals surface area (Å²) in [6, 6.07) is 22.4. The van der Waals surface area contributed by atoms with Gasteiger partial charge in [-0.05, 0) is 66.8 Å². The molecule has 3 aromatic carbocycles. The lowest BCUT2D eigenvalue weighted by atomic mass is 9.93. The summed E-state index contributed by atoms with van der Waals surface area (Å²) in [5.74, 6) is 1.23. The van der Waals surface area contributed by atoms with Gasteiger partial charge in [0.1, 0.15) is 18.1 Å². The van der Waals surface area contributed by atoms with Crippen molar-refractivity contribution < 1.29 is 23.8 Å². The minimum absolute atomic E-state index is 0.0533. The molecule has 6 nitrogen and oxygen atoms in total. The number of hydrogen-bond donors (Lipinski definition) is 1. The zero-order valence-corrected chi connectivity index (χ0v) is 28.7. The van der Waals surface area contributed by atoms with Crippen LogP contribution in [0.4, 0.5) is 0 Å². The summed E-state index contributed by atoms with van der Waals surface area (Å²) >= 11 is 0. The van der Waals surface area contributed by atoms with Gasteiger partial charge in [-0.3, -0.25) is 9.59 Å². The average molecular weight is 630 g/mol. The predicted octanol–water partition coefficient (Wildman–Crippen LogP) is 9.01. The van der Waals surface area contributed by atoms with Crippen LogP contribution in [0, 0.1) is 19.8 Å². The zero-order chi connectivity index (χ0) is 33.1. The van der Waals surface area contributed by atoms with Gasteiger partial charge in [-0.1, -0.05) is 102 Å². The van der Waals surface area contributed by atoms with Gasteiger partial charge >= 0.3 is 0 Å². The molecule has 0 spiro atoms. The van der Waals surface area contributed by atoms with Crippen LogP contribution in [0.1, 0.15) is 111 Å². The lowest BCUT2D eigenvalue weighted by Crippen LogP contribution is -2.33. The largest absolute Gasteiger partial charge is 0.493 e. The van der Waals surface area contributed by atoms with Crippen LogP contribution in [0.15, 0.2) is 66.7 Å². The van der Waals surface area contributed by atoms with Gasteiger partial charge in [-0.2, -0.15) is 0 Å². The monoisotopic (exact) mass is 629 g/mol. The summed E-state index contributed by atoms with van der Waals surface area (Å²) in [4.78, 5) is 25.7. The van der Waals surface area contributed by atoms with Gasteiger partial charge in [0.15, 0.2) is 5.78 Å². The number of carbonyl (C=O) groups is 2. The van der Waals surface area contributed by atoms with E-state index in [1.54, 1.807) is 6.92 Å². The van der Waals surface area contributed by atoms with Gasteiger partial charge in [-0.25, -0.2) is 0 Å². The Hall–Kier alpha value is -3.64. The number of ether oxygens (including phenoxy) is 3. The SMILES string of the molecule is CCCCCCCCCOc1cc(C(=O)CC(C)C(=O)NCCOCCOc2ccc(C(C)c3ccccc3)cc2)cc(C)c1C. The van der Waals surface area contributed by atoms with Crippen LogP contribution >= 0.6 is 0 Å². The van der Waals surface area contributed by atoms with Crippen LogP contribution in [0.5, 0.6) is 11.5 Å². The van der Waals surface area contributed by atoms with E-state index in [0.29, 0.717) is 44.5 Å². The molecular weight excluding hydrogens is 574 g/mol. The fourth-order valence-electron chi connectivity index (χ4n) is 5.40. The van der Waals surface area contributed by atoms with E-state index in [4.69, 9.17) is 14.2 Å². The quantitative estimate of drug-likeness (QED) is 0.0887. The Morgan fingerprint density at radius 1 is 0.739 bits per heavy atom. The van der Waals surface area contributed by atoms with Gasteiger partial charge < -0.3 is 19.5 Å². The van der Waals surface area contributed by atoms with Crippen LogP contribution in [0.2, 0.25) is 0 Å². The molecule has 0 saturated heterocycles. The summed E-state index contributed by atoms with van der Waals surface area (Å²) in [5, 5.41) is 2.88. The highest BCUT2D eigenvalue weighted by Crippen LogP contribution is 2.27. The number of carbonyl (C=O) groups excluding carboxylic acids is 2. The van der Waals surface area contributed by atoms with Crippen LogP contribution in [0.25, 0.3) is 0 Å². The third kappa shape index (κ3) is 12.6. The lowest BCUT2D eigenvalue weighted by Gasteiger charge is -2.15. The number of unbranched alkanes of at least 4 members (excludes halogenated alkanes) is 6. The highest BCUT2D eigenvalue weighted by atomic mass is 16.5. The van der Waals surface area contributed by atoms with Crippen molar-refractivity contribution in [1.29, 1.82) is 0 Å². The first kappa shape index (κ1) is 36.8.